The third-order valence-corrected chi connectivity index (χ3v) is 4.10. The molecular formula is C18H22S. The monoisotopic (exact) mass is 270 g/mol. The summed E-state index contributed by atoms with van der Waals surface area (Å²) >= 11 is 1.78. The zero-order chi connectivity index (χ0) is 14.1. The molecule has 0 saturated carbocycles. The molecule has 1 heteroatoms. The van der Waals surface area contributed by atoms with Crippen LogP contribution in [0.4, 0.5) is 0 Å². The predicted octanol–water partition coefficient (Wildman–Crippen LogP) is 6.01. The van der Waals surface area contributed by atoms with Crippen molar-refractivity contribution in [1.82, 2.24) is 0 Å². The molecule has 1 aromatic carbocycles. The molecule has 0 saturated heterocycles. The highest BCUT2D eigenvalue weighted by molar-refractivity contribution is 7.10. The fourth-order valence-electron chi connectivity index (χ4n) is 1.56. The number of hydrogen-bond donors (Lipinski definition) is 0. The zero-order valence-electron chi connectivity index (χ0n) is 11.8. The van der Waals surface area contributed by atoms with Gasteiger partial charge in [0.25, 0.3) is 0 Å². The maximum atomic E-state index is 3.74. The average molecular weight is 270 g/mol. The van der Waals surface area contributed by atoms with Gasteiger partial charge in [-0.15, -0.1) is 24.5 Å². The van der Waals surface area contributed by atoms with Gasteiger partial charge in [-0.3, -0.25) is 0 Å². The number of hydrogen-bond acceptors (Lipinski definition) is 1. The number of benzene rings is 1. The second-order valence-electron chi connectivity index (χ2n) is 4.47. The van der Waals surface area contributed by atoms with Crippen LogP contribution in [-0.4, -0.2) is 0 Å². The molecule has 1 aromatic heterocycles. The minimum atomic E-state index is 0.473. The van der Waals surface area contributed by atoms with E-state index in [2.05, 4.69) is 68.8 Å². The molecule has 0 bridgehead atoms. The molecule has 0 spiro atoms. The normalized spacial score (nSPS) is 12.7. The van der Waals surface area contributed by atoms with E-state index in [4.69, 9.17) is 0 Å². The maximum absolute atomic E-state index is 3.74. The van der Waals surface area contributed by atoms with Crippen molar-refractivity contribution < 1.29 is 0 Å². The second kappa shape index (κ2) is 8.49. The Hall–Kier alpha value is -1.60. The molecule has 0 nitrogen and oxygen atoms in total. The first-order chi connectivity index (χ1) is 9.19. The molecule has 19 heavy (non-hydrogen) atoms. The molecule has 2 atom stereocenters. The van der Waals surface area contributed by atoms with Crippen LogP contribution >= 0.6 is 11.3 Å². The van der Waals surface area contributed by atoms with Gasteiger partial charge >= 0.3 is 0 Å². The summed E-state index contributed by atoms with van der Waals surface area (Å²) in [5, 5.41) is 2.09. The predicted molar refractivity (Wildman–Crippen MR) is 88.0 cm³/mol. The lowest BCUT2D eigenvalue weighted by atomic mass is 10.0. The van der Waals surface area contributed by atoms with Crippen molar-refractivity contribution in [2.75, 3.05) is 0 Å². The Morgan fingerprint density at radius 3 is 2.00 bits per heavy atom. The highest BCUT2D eigenvalue weighted by Crippen LogP contribution is 2.20. The Bertz CT molecular complexity index is 468. The van der Waals surface area contributed by atoms with E-state index in [9.17, 15) is 0 Å². The Morgan fingerprint density at radius 2 is 1.53 bits per heavy atom. The van der Waals surface area contributed by atoms with Crippen LogP contribution in [0, 0.1) is 0 Å². The molecule has 0 radical (unpaired) electrons. The van der Waals surface area contributed by atoms with Gasteiger partial charge in [0.05, 0.1) is 0 Å². The summed E-state index contributed by atoms with van der Waals surface area (Å²) in [5.74, 6) is 0.992. The Morgan fingerprint density at radius 1 is 0.895 bits per heavy atom. The van der Waals surface area contributed by atoms with E-state index in [1.165, 1.54) is 10.4 Å². The third-order valence-electron chi connectivity index (χ3n) is 3.02. The summed E-state index contributed by atoms with van der Waals surface area (Å²) in [6.45, 7) is 11.8. The minimum Gasteiger partial charge on any atom is -0.148 e. The summed E-state index contributed by atoms with van der Waals surface area (Å²) < 4.78 is 0. The first kappa shape index (κ1) is 15.5. The third kappa shape index (κ3) is 5.27. The van der Waals surface area contributed by atoms with Gasteiger partial charge in [-0.05, 0) is 22.9 Å². The summed E-state index contributed by atoms with van der Waals surface area (Å²) in [4.78, 5) is 1.39. The van der Waals surface area contributed by atoms with Gasteiger partial charge in [0.2, 0.25) is 0 Å². The molecule has 0 N–H and O–H groups in total. The maximum Gasteiger partial charge on any atom is 0.0111 e. The lowest BCUT2D eigenvalue weighted by Gasteiger charge is -2.03. The van der Waals surface area contributed by atoms with Crippen molar-refractivity contribution in [2.24, 2.45) is 0 Å². The highest BCUT2D eigenvalue weighted by Gasteiger charge is 1.98. The summed E-state index contributed by atoms with van der Waals surface area (Å²) in [6, 6.07) is 14.6. The number of rotatable bonds is 4. The van der Waals surface area contributed by atoms with E-state index in [0.29, 0.717) is 11.8 Å². The minimum absolute atomic E-state index is 0.473. The van der Waals surface area contributed by atoms with E-state index in [1.807, 2.05) is 18.2 Å². The standard InChI is InChI=1S/C10H12.C8H10S/c1-3-9(2)10-7-5-4-6-8-10;1-3-7(2)8-5-4-6-9-8/h3-9H,1H2,2H3;3-7H,1H2,2H3. The van der Waals surface area contributed by atoms with Crippen molar-refractivity contribution in [3.63, 3.8) is 0 Å². The fourth-order valence-corrected chi connectivity index (χ4v) is 2.34. The molecule has 2 aromatic rings. The molecule has 2 rings (SSSR count). The Balaban J connectivity index is 0.000000191. The second-order valence-corrected chi connectivity index (χ2v) is 5.45. The van der Waals surface area contributed by atoms with Crippen molar-refractivity contribution in [2.45, 2.75) is 25.7 Å². The largest absolute Gasteiger partial charge is 0.148 e. The lowest BCUT2D eigenvalue weighted by molar-refractivity contribution is 0.971. The molecule has 0 fully saturated rings. The molecule has 0 aliphatic carbocycles. The topological polar surface area (TPSA) is 0 Å². The van der Waals surface area contributed by atoms with Crippen molar-refractivity contribution in [3.8, 4) is 0 Å². The van der Waals surface area contributed by atoms with Crippen LogP contribution in [0.5, 0.6) is 0 Å². The first-order valence-corrected chi connectivity index (χ1v) is 7.40. The van der Waals surface area contributed by atoms with Crippen LogP contribution in [0.2, 0.25) is 0 Å². The van der Waals surface area contributed by atoms with Crippen molar-refractivity contribution in [1.29, 1.82) is 0 Å². The SMILES string of the molecule is C=CC(C)c1ccccc1.C=CC(C)c1cccs1. The number of thiophene rings is 1. The summed E-state index contributed by atoms with van der Waals surface area (Å²) in [7, 11) is 0. The molecule has 2 unspecified atom stereocenters. The van der Waals surface area contributed by atoms with E-state index < -0.39 is 0 Å². The smallest absolute Gasteiger partial charge is 0.0111 e. The quantitative estimate of drug-likeness (QED) is 0.596. The average Bonchev–Trinajstić information content (AvgIpc) is 3.01. The van der Waals surface area contributed by atoms with Gasteiger partial charge in [0.1, 0.15) is 0 Å². The zero-order valence-corrected chi connectivity index (χ0v) is 12.6. The van der Waals surface area contributed by atoms with Gasteiger partial charge in [-0.1, -0.05) is 62.4 Å². The Labute approximate surface area is 121 Å². The van der Waals surface area contributed by atoms with Crippen LogP contribution in [0.25, 0.3) is 0 Å². The van der Waals surface area contributed by atoms with Crippen LogP contribution in [0.15, 0.2) is 73.2 Å². The fraction of sp³-hybridized carbons (Fsp3) is 0.222. The molecule has 0 amide bonds. The van der Waals surface area contributed by atoms with Crippen LogP contribution in [0.3, 0.4) is 0 Å². The van der Waals surface area contributed by atoms with Gasteiger partial charge < -0.3 is 0 Å². The van der Waals surface area contributed by atoms with E-state index in [1.54, 1.807) is 11.3 Å². The molecule has 0 aliphatic heterocycles. The highest BCUT2D eigenvalue weighted by atomic mass is 32.1. The summed E-state index contributed by atoms with van der Waals surface area (Å²) in [6.07, 6.45) is 3.92. The number of allylic oxidation sites excluding steroid dienone is 2. The van der Waals surface area contributed by atoms with Gasteiger partial charge in [-0.25, -0.2) is 0 Å². The van der Waals surface area contributed by atoms with E-state index >= 15 is 0 Å². The van der Waals surface area contributed by atoms with Crippen LogP contribution in [0.1, 0.15) is 36.1 Å². The molecule has 1 heterocycles. The van der Waals surface area contributed by atoms with Crippen LogP contribution in [-0.2, 0) is 0 Å². The van der Waals surface area contributed by atoms with Crippen molar-refractivity contribution >= 4 is 11.3 Å². The molecular weight excluding hydrogens is 248 g/mol. The van der Waals surface area contributed by atoms with Gasteiger partial charge in [-0.2, -0.15) is 0 Å². The van der Waals surface area contributed by atoms with Gasteiger partial charge in [0.15, 0.2) is 0 Å². The van der Waals surface area contributed by atoms with Crippen molar-refractivity contribution in [3.05, 3.63) is 83.6 Å². The van der Waals surface area contributed by atoms with E-state index in [-0.39, 0.29) is 0 Å². The van der Waals surface area contributed by atoms with Gasteiger partial charge in [0, 0.05) is 10.8 Å². The Kier molecular flexibility index (Phi) is 6.91. The van der Waals surface area contributed by atoms with Crippen LogP contribution < -0.4 is 0 Å². The molecule has 0 aliphatic rings. The summed E-state index contributed by atoms with van der Waals surface area (Å²) in [5.41, 5.74) is 1.33. The molecule has 100 valence electrons. The lowest BCUT2D eigenvalue weighted by Crippen LogP contribution is -1.85. The van der Waals surface area contributed by atoms with E-state index in [0.717, 1.165) is 0 Å². The first-order valence-electron chi connectivity index (χ1n) is 6.52.